The fraction of sp³-hybridized carbons (Fsp3) is 0.300. The predicted octanol–water partition coefficient (Wildman–Crippen LogP) is 5.06. The highest BCUT2D eigenvalue weighted by molar-refractivity contribution is 5.41. The van der Waals surface area contributed by atoms with Crippen molar-refractivity contribution in [1.82, 2.24) is 0 Å². The third-order valence-corrected chi connectivity index (χ3v) is 5.19. The van der Waals surface area contributed by atoms with Gasteiger partial charge in [-0.1, -0.05) is 62.0 Å². The number of alkyl halides is 3. The number of rotatable bonds is 4. The van der Waals surface area contributed by atoms with Crippen molar-refractivity contribution in [2.75, 3.05) is 0 Å². The van der Waals surface area contributed by atoms with Crippen molar-refractivity contribution in [2.24, 2.45) is 5.92 Å². The quantitative estimate of drug-likeness (QED) is 0.776. The first kappa shape index (κ1) is 16.8. The average Bonchev–Trinajstić information content (AvgIpc) is 3.28. The van der Waals surface area contributed by atoms with Crippen LogP contribution in [-0.2, 0) is 17.2 Å². The molecule has 1 saturated carbocycles. The summed E-state index contributed by atoms with van der Waals surface area (Å²) < 4.78 is 38.2. The van der Waals surface area contributed by atoms with E-state index in [2.05, 4.69) is 13.5 Å². The van der Waals surface area contributed by atoms with E-state index < -0.39 is 17.3 Å². The lowest BCUT2D eigenvalue weighted by molar-refractivity contribution is -0.137. The van der Waals surface area contributed by atoms with Crippen molar-refractivity contribution < 1.29 is 18.3 Å². The normalized spacial score (nSPS) is 25.8. The molecular weight excluding hydrogens is 313 g/mol. The van der Waals surface area contributed by atoms with Gasteiger partial charge in [-0.2, -0.15) is 13.2 Å². The number of halogens is 3. The van der Waals surface area contributed by atoms with E-state index in [0.717, 1.165) is 24.1 Å². The Hall–Kier alpha value is -2.07. The van der Waals surface area contributed by atoms with Crippen LogP contribution in [0.3, 0.4) is 0 Å². The molecule has 0 radical (unpaired) electrons. The van der Waals surface area contributed by atoms with Crippen LogP contribution in [-0.4, -0.2) is 5.11 Å². The average molecular weight is 332 g/mol. The summed E-state index contributed by atoms with van der Waals surface area (Å²) in [5.41, 5.74) is -0.738. The van der Waals surface area contributed by atoms with E-state index in [1.807, 2.05) is 30.3 Å². The molecular formula is C20H19F3O. The van der Waals surface area contributed by atoms with Crippen molar-refractivity contribution >= 4 is 0 Å². The zero-order valence-corrected chi connectivity index (χ0v) is 13.3. The maximum Gasteiger partial charge on any atom is 0.416 e. The second-order valence-electron chi connectivity index (χ2n) is 6.64. The molecule has 2 aromatic carbocycles. The standard InChI is InChI=1S/C20H19F3O/c1-3-19(24,15-9-11-16(12-10-15)20(21,22)23)17-13-18(17,2)14-7-5-4-6-8-14/h3-12,17,24H,1,13H2,2H3/t17-,18+,19-/m1/s1. The second kappa shape index (κ2) is 5.49. The van der Waals surface area contributed by atoms with E-state index in [-0.39, 0.29) is 11.3 Å². The van der Waals surface area contributed by atoms with Crippen molar-refractivity contribution in [3.63, 3.8) is 0 Å². The molecule has 0 aliphatic heterocycles. The Bertz CT molecular complexity index is 736. The van der Waals surface area contributed by atoms with Crippen molar-refractivity contribution in [3.05, 3.63) is 83.9 Å². The fourth-order valence-electron chi connectivity index (χ4n) is 3.53. The molecule has 1 fully saturated rings. The number of aliphatic hydroxyl groups is 1. The van der Waals surface area contributed by atoms with Gasteiger partial charge in [-0.3, -0.25) is 0 Å². The summed E-state index contributed by atoms with van der Waals surface area (Å²) in [6.45, 7) is 5.79. The Morgan fingerprint density at radius 1 is 1.04 bits per heavy atom. The minimum Gasteiger partial charge on any atom is -0.381 e. The number of hydrogen-bond donors (Lipinski definition) is 1. The van der Waals surface area contributed by atoms with Gasteiger partial charge < -0.3 is 5.11 Å². The van der Waals surface area contributed by atoms with Gasteiger partial charge in [0.25, 0.3) is 0 Å². The third-order valence-electron chi connectivity index (χ3n) is 5.19. The van der Waals surface area contributed by atoms with Crippen molar-refractivity contribution in [3.8, 4) is 0 Å². The highest BCUT2D eigenvalue weighted by Gasteiger charge is 2.60. The third kappa shape index (κ3) is 2.65. The maximum absolute atomic E-state index is 12.7. The van der Waals surface area contributed by atoms with E-state index in [4.69, 9.17) is 0 Å². The first-order valence-electron chi connectivity index (χ1n) is 7.81. The first-order chi connectivity index (χ1) is 11.2. The van der Waals surface area contributed by atoms with E-state index in [9.17, 15) is 18.3 Å². The van der Waals surface area contributed by atoms with Gasteiger partial charge >= 0.3 is 6.18 Å². The van der Waals surface area contributed by atoms with Gasteiger partial charge in [-0.15, -0.1) is 0 Å². The van der Waals surface area contributed by atoms with Gasteiger partial charge in [-0.25, -0.2) is 0 Å². The van der Waals surface area contributed by atoms with Crippen molar-refractivity contribution in [1.29, 1.82) is 0 Å². The largest absolute Gasteiger partial charge is 0.416 e. The molecule has 126 valence electrons. The summed E-state index contributed by atoms with van der Waals surface area (Å²) in [4.78, 5) is 0. The Labute approximate surface area is 139 Å². The fourth-order valence-corrected chi connectivity index (χ4v) is 3.53. The Morgan fingerprint density at radius 3 is 2.08 bits per heavy atom. The molecule has 0 spiro atoms. The van der Waals surface area contributed by atoms with Crippen LogP contribution < -0.4 is 0 Å². The summed E-state index contributed by atoms with van der Waals surface area (Å²) in [5.74, 6) is -0.123. The molecule has 2 aromatic rings. The molecule has 4 heteroatoms. The summed E-state index contributed by atoms with van der Waals surface area (Å²) in [6, 6.07) is 14.5. The molecule has 1 aliphatic carbocycles. The molecule has 0 amide bonds. The smallest absolute Gasteiger partial charge is 0.381 e. The number of benzene rings is 2. The molecule has 1 aliphatic rings. The molecule has 0 heterocycles. The molecule has 1 nitrogen and oxygen atoms in total. The lowest BCUT2D eigenvalue weighted by Gasteiger charge is -2.28. The molecule has 0 saturated heterocycles. The summed E-state index contributed by atoms with van der Waals surface area (Å²) in [6.07, 6.45) is -2.20. The van der Waals surface area contributed by atoms with Crippen LogP contribution in [0.4, 0.5) is 13.2 Å². The lowest BCUT2D eigenvalue weighted by Crippen LogP contribution is -2.29. The minimum atomic E-state index is -4.39. The van der Waals surface area contributed by atoms with Crippen LogP contribution in [0.25, 0.3) is 0 Å². The predicted molar refractivity (Wildman–Crippen MR) is 87.4 cm³/mol. The highest BCUT2D eigenvalue weighted by atomic mass is 19.4. The van der Waals surface area contributed by atoms with Gasteiger partial charge in [0.15, 0.2) is 0 Å². The van der Waals surface area contributed by atoms with Crippen LogP contribution in [0, 0.1) is 5.92 Å². The van der Waals surface area contributed by atoms with Crippen LogP contribution >= 0.6 is 0 Å². The van der Waals surface area contributed by atoms with E-state index in [1.54, 1.807) is 0 Å². The minimum absolute atomic E-state index is 0.123. The van der Waals surface area contributed by atoms with Gasteiger partial charge in [0.2, 0.25) is 0 Å². The van der Waals surface area contributed by atoms with Gasteiger partial charge in [-0.05, 0) is 35.1 Å². The van der Waals surface area contributed by atoms with E-state index in [0.29, 0.717) is 5.56 Å². The Morgan fingerprint density at radius 2 is 1.58 bits per heavy atom. The first-order valence-corrected chi connectivity index (χ1v) is 7.81. The van der Waals surface area contributed by atoms with Crippen LogP contribution in [0.2, 0.25) is 0 Å². The molecule has 3 atom stereocenters. The Kier molecular flexibility index (Phi) is 3.83. The summed E-state index contributed by atoms with van der Waals surface area (Å²) >= 11 is 0. The zero-order valence-electron chi connectivity index (χ0n) is 13.3. The van der Waals surface area contributed by atoms with Crippen LogP contribution in [0.1, 0.15) is 30.0 Å². The van der Waals surface area contributed by atoms with Gasteiger partial charge in [0, 0.05) is 5.92 Å². The monoisotopic (exact) mass is 332 g/mol. The molecule has 3 rings (SSSR count). The molecule has 1 N–H and O–H groups in total. The molecule has 0 aromatic heterocycles. The molecule has 0 bridgehead atoms. The summed E-state index contributed by atoms with van der Waals surface area (Å²) in [5, 5.41) is 11.1. The molecule has 24 heavy (non-hydrogen) atoms. The maximum atomic E-state index is 12.7. The molecule has 0 unspecified atom stereocenters. The Balaban J connectivity index is 1.92. The highest BCUT2D eigenvalue weighted by Crippen LogP contribution is 2.61. The topological polar surface area (TPSA) is 20.2 Å². The van der Waals surface area contributed by atoms with Gasteiger partial charge in [0.1, 0.15) is 5.60 Å². The lowest BCUT2D eigenvalue weighted by atomic mass is 9.82. The van der Waals surface area contributed by atoms with Gasteiger partial charge in [0.05, 0.1) is 5.56 Å². The number of hydrogen-bond acceptors (Lipinski definition) is 1. The van der Waals surface area contributed by atoms with E-state index in [1.165, 1.54) is 18.2 Å². The van der Waals surface area contributed by atoms with Crippen LogP contribution in [0.5, 0.6) is 0 Å². The van der Waals surface area contributed by atoms with Crippen LogP contribution in [0.15, 0.2) is 67.3 Å². The second-order valence-corrected chi connectivity index (χ2v) is 6.64. The SMILES string of the molecule is C=C[C@@](O)(c1ccc(C(F)(F)F)cc1)[C@@H]1C[C@@]1(C)c1ccccc1. The van der Waals surface area contributed by atoms with Crippen molar-refractivity contribution in [2.45, 2.75) is 30.5 Å². The zero-order chi connectivity index (χ0) is 17.6. The summed E-state index contributed by atoms with van der Waals surface area (Å²) in [7, 11) is 0. The van der Waals surface area contributed by atoms with E-state index >= 15 is 0 Å².